The van der Waals surface area contributed by atoms with Crippen LogP contribution in [0.2, 0.25) is 0 Å². The molecule has 0 aliphatic rings. The van der Waals surface area contributed by atoms with E-state index in [1.165, 1.54) is 16.3 Å². The zero-order chi connectivity index (χ0) is 31.6. The van der Waals surface area contributed by atoms with E-state index in [4.69, 9.17) is 14.4 Å². The number of aromatic nitrogens is 3. The second kappa shape index (κ2) is 10.5. The molecule has 0 unspecified atom stereocenters. The van der Waals surface area contributed by atoms with Crippen LogP contribution in [0.4, 0.5) is 0 Å². The third-order valence-corrected chi connectivity index (χ3v) is 9.40. The van der Waals surface area contributed by atoms with Gasteiger partial charge in [-0.05, 0) is 30.3 Å². The van der Waals surface area contributed by atoms with Crippen LogP contribution in [0.15, 0.2) is 168 Å². The minimum Gasteiger partial charge on any atom is -0.455 e. The molecule has 224 valence electrons. The van der Waals surface area contributed by atoms with Crippen molar-refractivity contribution in [3.63, 3.8) is 0 Å². The van der Waals surface area contributed by atoms with Crippen molar-refractivity contribution < 1.29 is 4.42 Å². The Hall–Kier alpha value is -6.52. The van der Waals surface area contributed by atoms with Gasteiger partial charge in [-0.2, -0.15) is 0 Å². The average Bonchev–Trinajstić information content (AvgIpc) is 3.72. The number of hydrogen-bond donors (Lipinski definition) is 0. The largest absolute Gasteiger partial charge is 0.455 e. The molecule has 10 aromatic rings. The average molecular weight is 614 g/mol. The van der Waals surface area contributed by atoms with Crippen LogP contribution in [0, 0.1) is 0 Å². The highest BCUT2D eigenvalue weighted by atomic mass is 16.3. The number of rotatable bonds is 4. The fourth-order valence-corrected chi connectivity index (χ4v) is 7.24. The lowest BCUT2D eigenvalue weighted by Crippen LogP contribution is -1.97. The van der Waals surface area contributed by atoms with Crippen LogP contribution in [0.3, 0.4) is 0 Å². The second-order valence-electron chi connectivity index (χ2n) is 12.2. The molecular formula is C44H27N3O. The lowest BCUT2D eigenvalue weighted by molar-refractivity contribution is 0.673. The standard InChI is InChI=1S/C44H27N3O/c1-3-13-28(14-4-1)36-27-37(46-44(45-36)30-15-5-2-6-16-30)29-23-25-31(26-24-29)47-38-21-11-9-19-34(38)40-41-35-20-10-12-22-39(35)48-43(41)33-18-8-7-17-32(33)42(40)47/h1-27H. The number of fused-ring (bicyclic) bond motifs is 10. The van der Waals surface area contributed by atoms with E-state index in [2.05, 4.69) is 126 Å². The summed E-state index contributed by atoms with van der Waals surface area (Å²) in [5, 5.41) is 6.98. The van der Waals surface area contributed by atoms with Gasteiger partial charge in [-0.3, -0.25) is 0 Å². The van der Waals surface area contributed by atoms with Crippen molar-refractivity contribution in [1.29, 1.82) is 0 Å². The molecule has 4 heteroatoms. The van der Waals surface area contributed by atoms with Crippen LogP contribution in [-0.2, 0) is 0 Å². The smallest absolute Gasteiger partial charge is 0.160 e. The molecule has 3 heterocycles. The van der Waals surface area contributed by atoms with E-state index in [1.807, 2.05) is 42.5 Å². The molecule has 0 saturated heterocycles. The molecule has 0 aliphatic carbocycles. The van der Waals surface area contributed by atoms with Gasteiger partial charge >= 0.3 is 0 Å². The number of nitrogens with zero attached hydrogens (tertiary/aromatic N) is 3. The maximum Gasteiger partial charge on any atom is 0.160 e. The summed E-state index contributed by atoms with van der Waals surface area (Å²) in [6, 6.07) is 57.0. The summed E-state index contributed by atoms with van der Waals surface area (Å²) in [6.07, 6.45) is 0. The molecule has 0 fully saturated rings. The van der Waals surface area contributed by atoms with E-state index < -0.39 is 0 Å². The van der Waals surface area contributed by atoms with Crippen LogP contribution in [0.1, 0.15) is 0 Å². The Labute approximate surface area is 276 Å². The second-order valence-corrected chi connectivity index (χ2v) is 12.2. The highest BCUT2D eigenvalue weighted by Gasteiger charge is 2.22. The van der Waals surface area contributed by atoms with Crippen molar-refractivity contribution in [3.05, 3.63) is 164 Å². The molecule has 10 rings (SSSR count). The first kappa shape index (κ1) is 26.7. The van der Waals surface area contributed by atoms with Crippen LogP contribution >= 0.6 is 0 Å². The zero-order valence-electron chi connectivity index (χ0n) is 25.8. The van der Waals surface area contributed by atoms with Crippen molar-refractivity contribution >= 4 is 54.5 Å². The Balaban J connectivity index is 1.21. The number of hydrogen-bond acceptors (Lipinski definition) is 3. The molecule has 0 aliphatic heterocycles. The van der Waals surface area contributed by atoms with Gasteiger partial charge in [0.25, 0.3) is 0 Å². The van der Waals surface area contributed by atoms with E-state index in [1.54, 1.807) is 0 Å². The number of furan rings is 1. The highest BCUT2D eigenvalue weighted by Crippen LogP contribution is 2.46. The van der Waals surface area contributed by atoms with Gasteiger partial charge in [0, 0.05) is 54.7 Å². The van der Waals surface area contributed by atoms with E-state index in [9.17, 15) is 0 Å². The van der Waals surface area contributed by atoms with Crippen molar-refractivity contribution in [2.45, 2.75) is 0 Å². The van der Waals surface area contributed by atoms with Gasteiger partial charge in [0.2, 0.25) is 0 Å². The molecule has 0 N–H and O–H groups in total. The number of benzene rings is 7. The quantitative estimate of drug-likeness (QED) is 0.198. The minimum atomic E-state index is 0.709. The Bertz CT molecular complexity index is 2760. The molecule has 4 nitrogen and oxygen atoms in total. The third-order valence-electron chi connectivity index (χ3n) is 9.40. The fraction of sp³-hybridized carbons (Fsp3) is 0. The summed E-state index contributed by atoms with van der Waals surface area (Å²) in [5.74, 6) is 0.709. The molecule has 0 bridgehead atoms. The normalized spacial score (nSPS) is 11.8. The Morgan fingerprint density at radius 1 is 0.438 bits per heavy atom. The topological polar surface area (TPSA) is 43.9 Å². The Kier molecular flexibility index (Phi) is 5.84. The maximum atomic E-state index is 6.56. The van der Waals surface area contributed by atoms with Gasteiger partial charge in [-0.1, -0.05) is 133 Å². The van der Waals surface area contributed by atoms with Gasteiger partial charge in [-0.15, -0.1) is 0 Å². The van der Waals surface area contributed by atoms with Gasteiger partial charge in [0.05, 0.1) is 22.4 Å². The molecule has 0 saturated carbocycles. The highest BCUT2D eigenvalue weighted by molar-refractivity contribution is 6.35. The predicted octanol–water partition coefficient (Wildman–Crippen LogP) is 11.6. The van der Waals surface area contributed by atoms with Crippen molar-refractivity contribution in [1.82, 2.24) is 14.5 Å². The van der Waals surface area contributed by atoms with E-state index in [0.717, 1.165) is 72.0 Å². The van der Waals surface area contributed by atoms with E-state index in [-0.39, 0.29) is 0 Å². The summed E-state index contributed by atoms with van der Waals surface area (Å²) in [5.41, 5.74) is 10.1. The lowest BCUT2D eigenvalue weighted by Gasteiger charge is -2.12. The van der Waals surface area contributed by atoms with Crippen molar-refractivity contribution in [2.75, 3.05) is 0 Å². The maximum absolute atomic E-state index is 6.56. The molecular weight excluding hydrogens is 587 g/mol. The van der Waals surface area contributed by atoms with Crippen molar-refractivity contribution in [3.8, 4) is 39.6 Å². The van der Waals surface area contributed by atoms with Crippen LogP contribution in [0.25, 0.3) is 94.1 Å². The Morgan fingerprint density at radius 2 is 1.00 bits per heavy atom. The lowest BCUT2D eigenvalue weighted by atomic mass is 9.99. The van der Waals surface area contributed by atoms with Crippen LogP contribution in [-0.4, -0.2) is 14.5 Å². The van der Waals surface area contributed by atoms with Gasteiger partial charge < -0.3 is 8.98 Å². The molecule has 3 aromatic heterocycles. The van der Waals surface area contributed by atoms with Gasteiger partial charge in [0.15, 0.2) is 5.82 Å². The van der Waals surface area contributed by atoms with Gasteiger partial charge in [-0.25, -0.2) is 9.97 Å². The van der Waals surface area contributed by atoms with Crippen LogP contribution < -0.4 is 0 Å². The predicted molar refractivity (Wildman–Crippen MR) is 197 cm³/mol. The monoisotopic (exact) mass is 613 g/mol. The number of para-hydroxylation sites is 2. The first-order chi connectivity index (χ1) is 23.8. The first-order valence-corrected chi connectivity index (χ1v) is 16.2. The molecule has 0 amide bonds. The summed E-state index contributed by atoms with van der Waals surface area (Å²) < 4.78 is 8.97. The van der Waals surface area contributed by atoms with Gasteiger partial charge in [0.1, 0.15) is 11.2 Å². The Morgan fingerprint density at radius 3 is 1.73 bits per heavy atom. The molecule has 7 aromatic carbocycles. The molecule has 48 heavy (non-hydrogen) atoms. The molecule has 0 spiro atoms. The summed E-state index contributed by atoms with van der Waals surface area (Å²) in [4.78, 5) is 10.0. The molecule has 0 radical (unpaired) electrons. The summed E-state index contributed by atoms with van der Waals surface area (Å²) >= 11 is 0. The van der Waals surface area contributed by atoms with E-state index in [0.29, 0.717) is 5.82 Å². The first-order valence-electron chi connectivity index (χ1n) is 16.2. The van der Waals surface area contributed by atoms with E-state index >= 15 is 0 Å². The third kappa shape index (κ3) is 4.03. The summed E-state index contributed by atoms with van der Waals surface area (Å²) in [6.45, 7) is 0. The summed E-state index contributed by atoms with van der Waals surface area (Å²) in [7, 11) is 0. The minimum absolute atomic E-state index is 0.709. The zero-order valence-corrected chi connectivity index (χ0v) is 25.8. The molecule has 0 atom stereocenters. The fourth-order valence-electron chi connectivity index (χ4n) is 7.24. The van der Waals surface area contributed by atoms with Crippen molar-refractivity contribution in [2.24, 2.45) is 0 Å². The van der Waals surface area contributed by atoms with Crippen LogP contribution in [0.5, 0.6) is 0 Å². The SMILES string of the molecule is c1ccc(-c2cc(-c3ccc(-n4c5ccccc5c5c6c7ccccc7oc6c6ccccc6c54)cc3)nc(-c3ccccc3)n2)cc1.